The van der Waals surface area contributed by atoms with Gasteiger partial charge in [0.25, 0.3) is 0 Å². The van der Waals surface area contributed by atoms with Gasteiger partial charge in [-0.1, -0.05) is 60.7 Å². The molecule has 7 heteroatoms. The van der Waals surface area contributed by atoms with Crippen molar-refractivity contribution in [3.63, 3.8) is 0 Å². The van der Waals surface area contributed by atoms with Crippen LogP contribution >= 0.6 is 63.7 Å². The van der Waals surface area contributed by atoms with Crippen LogP contribution < -0.4 is 0 Å². The zero-order valence-electron chi connectivity index (χ0n) is 14.7. The number of benzene rings is 2. The van der Waals surface area contributed by atoms with Crippen molar-refractivity contribution in [2.24, 2.45) is 0 Å². The van der Waals surface area contributed by atoms with E-state index in [-0.39, 0.29) is 12.2 Å². The summed E-state index contributed by atoms with van der Waals surface area (Å²) in [6.45, 7) is 4.12. The van der Waals surface area contributed by atoms with Crippen molar-refractivity contribution in [2.75, 3.05) is 0 Å². The number of ether oxygens (including phenoxy) is 3. The molecule has 0 saturated carbocycles. The Hall–Kier alpha value is 0.240. The molecular weight excluding hydrogens is 608 g/mol. The summed E-state index contributed by atoms with van der Waals surface area (Å²) in [5.41, 5.74) is 0.628. The summed E-state index contributed by atoms with van der Waals surface area (Å²) in [7, 11) is 0. The van der Waals surface area contributed by atoms with E-state index in [1.165, 1.54) is 0 Å². The first kappa shape index (κ1) is 20.5. The van der Waals surface area contributed by atoms with E-state index in [4.69, 9.17) is 14.2 Å². The first-order valence-corrected chi connectivity index (χ1v) is 11.7. The van der Waals surface area contributed by atoms with E-state index in [1.54, 1.807) is 0 Å². The van der Waals surface area contributed by atoms with Gasteiger partial charge in [-0.2, -0.15) is 0 Å². The average molecular weight is 626 g/mol. The molecule has 144 valence electrons. The molecule has 2 aliphatic heterocycles. The van der Waals surface area contributed by atoms with Gasteiger partial charge in [0, 0.05) is 0 Å². The van der Waals surface area contributed by atoms with Crippen molar-refractivity contribution >= 4 is 63.7 Å². The van der Waals surface area contributed by atoms with Crippen LogP contribution in [-0.2, 0) is 25.4 Å². The minimum atomic E-state index is -0.721. The molecule has 2 aromatic rings. The van der Waals surface area contributed by atoms with Crippen LogP contribution in [0.4, 0.5) is 0 Å². The number of alkyl halides is 4. The van der Waals surface area contributed by atoms with Gasteiger partial charge in [-0.25, -0.2) is 0 Å². The van der Waals surface area contributed by atoms with Gasteiger partial charge < -0.3 is 14.2 Å². The van der Waals surface area contributed by atoms with E-state index in [0.29, 0.717) is 0 Å². The first-order chi connectivity index (χ1) is 12.6. The summed E-state index contributed by atoms with van der Waals surface area (Å²) >= 11 is 14.4. The molecule has 0 N–H and O–H groups in total. The molecule has 2 heterocycles. The van der Waals surface area contributed by atoms with Gasteiger partial charge in [0.1, 0.15) is 23.4 Å². The Balaban J connectivity index is 1.78. The number of halogens is 4. The predicted molar refractivity (Wildman–Crippen MR) is 120 cm³/mol. The summed E-state index contributed by atoms with van der Waals surface area (Å²) in [6.07, 6.45) is -0.427. The highest BCUT2D eigenvalue weighted by Crippen LogP contribution is 2.62. The fourth-order valence-electron chi connectivity index (χ4n) is 3.62. The van der Waals surface area contributed by atoms with Crippen LogP contribution in [0.15, 0.2) is 60.7 Å². The molecule has 2 aliphatic rings. The molecule has 0 bridgehead atoms. The van der Waals surface area contributed by atoms with Crippen molar-refractivity contribution in [2.45, 2.75) is 44.1 Å². The Morgan fingerprint density at radius 2 is 1.00 bits per heavy atom. The van der Waals surface area contributed by atoms with E-state index in [2.05, 4.69) is 102 Å². The van der Waals surface area contributed by atoms with Gasteiger partial charge in [-0.15, -0.1) is 0 Å². The second-order valence-corrected chi connectivity index (χ2v) is 14.0. The van der Waals surface area contributed by atoms with Crippen LogP contribution in [-0.4, -0.2) is 19.0 Å². The molecule has 4 rings (SSSR count). The lowest BCUT2D eigenvalue weighted by Crippen LogP contribution is -2.46. The van der Waals surface area contributed by atoms with Gasteiger partial charge >= 0.3 is 0 Å². The molecule has 0 spiro atoms. The lowest BCUT2D eigenvalue weighted by atomic mass is 9.87. The molecule has 2 fully saturated rings. The number of rotatable bonds is 6. The monoisotopic (exact) mass is 622 g/mol. The third-order valence-electron chi connectivity index (χ3n) is 5.16. The maximum atomic E-state index is 6.95. The first-order valence-electron chi connectivity index (χ1n) is 8.52. The lowest BCUT2D eigenvalue weighted by molar-refractivity contribution is -0.171. The van der Waals surface area contributed by atoms with Crippen molar-refractivity contribution < 1.29 is 14.2 Å². The van der Waals surface area contributed by atoms with Gasteiger partial charge in [0.2, 0.25) is 6.84 Å². The summed E-state index contributed by atoms with van der Waals surface area (Å²) < 4.78 is 17.5. The normalized spacial score (nSPS) is 29.4. The molecule has 0 aliphatic carbocycles. The fourth-order valence-corrected chi connectivity index (χ4v) is 6.11. The van der Waals surface area contributed by atoms with Crippen LogP contribution in [0.5, 0.6) is 0 Å². The molecule has 27 heavy (non-hydrogen) atoms. The van der Waals surface area contributed by atoms with Gasteiger partial charge in [-0.05, 0) is 88.7 Å². The van der Waals surface area contributed by atoms with E-state index in [9.17, 15) is 0 Å². The SMILES string of the molecule is CC(OC(C)(c1ccccc1)C1OC1(Br)Br)(c1ccccc1)C1OC1(Br)Br. The largest absolute Gasteiger partial charge is 0.354 e. The molecule has 2 saturated heterocycles. The summed E-state index contributed by atoms with van der Waals surface area (Å²) in [4.78, 5) is 0. The van der Waals surface area contributed by atoms with Gasteiger partial charge in [0.05, 0.1) is 0 Å². The van der Waals surface area contributed by atoms with E-state index in [1.807, 2.05) is 36.4 Å². The highest BCUT2D eigenvalue weighted by atomic mass is 79.9. The lowest BCUT2D eigenvalue weighted by Gasteiger charge is -2.40. The van der Waals surface area contributed by atoms with Crippen molar-refractivity contribution in [1.29, 1.82) is 0 Å². The molecule has 0 radical (unpaired) electrons. The minimum Gasteiger partial charge on any atom is -0.354 e. The maximum Gasteiger partial charge on any atom is 0.207 e. The highest BCUT2D eigenvalue weighted by molar-refractivity contribution is 9.25. The van der Waals surface area contributed by atoms with Crippen LogP contribution in [0, 0.1) is 0 Å². The standard InChI is InChI=1S/C20H18Br4O3/c1-17(15-19(21,22)25-15,13-9-5-3-6-10-13)27-18(2,16-20(23,24)26-16)14-11-7-4-8-12-14/h3-12,15-16H,1-2H3. The average Bonchev–Trinajstić information content (AvgIpc) is 3.50. The molecule has 0 aromatic heterocycles. The third-order valence-corrected chi connectivity index (χ3v) is 7.58. The zero-order chi connectivity index (χ0) is 19.5. The summed E-state index contributed by atoms with van der Waals surface area (Å²) in [5, 5.41) is 0. The second kappa shape index (κ2) is 6.89. The fraction of sp³-hybridized carbons (Fsp3) is 0.400. The number of epoxide rings is 2. The second-order valence-electron chi connectivity index (χ2n) is 7.17. The van der Waals surface area contributed by atoms with Gasteiger partial charge in [0.15, 0.2) is 0 Å². The molecule has 3 nitrogen and oxygen atoms in total. The molecule has 4 unspecified atom stereocenters. The topological polar surface area (TPSA) is 34.3 Å². The van der Waals surface area contributed by atoms with Gasteiger partial charge in [-0.3, -0.25) is 0 Å². The zero-order valence-corrected chi connectivity index (χ0v) is 21.0. The quantitative estimate of drug-likeness (QED) is 0.271. The number of hydrogen-bond donors (Lipinski definition) is 0. The van der Waals surface area contributed by atoms with Crippen LogP contribution in [0.1, 0.15) is 25.0 Å². The highest BCUT2D eigenvalue weighted by Gasteiger charge is 2.69. The maximum absolute atomic E-state index is 6.95. The molecule has 4 atom stereocenters. The number of hydrogen-bond acceptors (Lipinski definition) is 3. The smallest absolute Gasteiger partial charge is 0.207 e. The van der Waals surface area contributed by atoms with Crippen LogP contribution in [0.25, 0.3) is 0 Å². The Labute approximate surface area is 192 Å². The van der Waals surface area contributed by atoms with E-state index < -0.39 is 18.0 Å². The third kappa shape index (κ3) is 3.74. The summed E-state index contributed by atoms with van der Waals surface area (Å²) in [5.74, 6) is 0. The van der Waals surface area contributed by atoms with Crippen molar-refractivity contribution in [1.82, 2.24) is 0 Å². The van der Waals surface area contributed by atoms with E-state index >= 15 is 0 Å². The van der Waals surface area contributed by atoms with Crippen LogP contribution in [0.2, 0.25) is 0 Å². The Morgan fingerprint density at radius 1 is 0.704 bits per heavy atom. The molecule has 2 aromatic carbocycles. The van der Waals surface area contributed by atoms with E-state index in [0.717, 1.165) is 11.1 Å². The van der Waals surface area contributed by atoms with Crippen molar-refractivity contribution in [3.8, 4) is 0 Å². The molecule has 0 amide bonds. The summed E-state index contributed by atoms with van der Waals surface area (Å²) in [6, 6.07) is 20.3. The Morgan fingerprint density at radius 3 is 1.26 bits per heavy atom. The van der Waals surface area contributed by atoms with Crippen LogP contribution in [0.3, 0.4) is 0 Å². The Bertz CT molecular complexity index is 760. The minimum absolute atomic E-state index is 0.214. The predicted octanol–water partition coefficient (Wildman–Crippen LogP) is 6.52. The Kier molecular flexibility index (Phi) is 5.24. The van der Waals surface area contributed by atoms with Crippen molar-refractivity contribution in [3.05, 3.63) is 71.8 Å². The molecular formula is C20H18Br4O3.